The SMILES string of the molecule is O=C(NCCc1ccccc1)c1ccc(-c2ccc(N3CCCC3)nn2)cc1. The molecule has 1 N–H and O–H groups in total. The molecule has 0 spiro atoms. The number of benzene rings is 2. The van der Waals surface area contributed by atoms with Crippen LogP contribution in [0.5, 0.6) is 0 Å². The Labute approximate surface area is 165 Å². The van der Waals surface area contributed by atoms with Gasteiger partial charge >= 0.3 is 0 Å². The Kier molecular flexibility index (Phi) is 5.61. The molecule has 0 aliphatic carbocycles. The monoisotopic (exact) mass is 372 g/mol. The van der Waals surface area contributed by atoms with Gasteiger partial charge < -0.3 is 10.2 Å². The molecule has 4 rings (SSSR count). The molecule has 1 aliphatic rings. The molecule has 0 bridgehead atoms. The average molecular weight is 372 g/mol. The van der Waals surface area contributed by atoms with E-state index in [2.05, 4.69) is 32.5 Å². The molecule has 142 valence electrons. The van der Waals surface area contributed by atoms with E-state index in [1.807, 2.05) is 54.6 Å². The van der Waals surface area contributed by atoms with E-state index in [-0.39, 0.29) is 5.91 Å². The molecule has 0 atom stereocenters. The van der Waals surface area contributed by atoms with Crippen LogP contribution in [0.1, 0.15) is 28.8 Å². The van der Waals surface area contributed by atoms with Crippen LogP contribution in [0.15, 0.2) is 66.7 Å². The van der Waals surface area contributed by atoms with E-state index in [0.717, 1.165) is 36.6 Å². The molecular formula is C23H24N4O. The molecule has 1 aliphatic heterocycles. The predicted octanol–water partition coefficient (Wildman–Crippen LogP) is 3.72. The number of rotatable bonds is 6. The molecule has 0 saturated carbocycles. The molecule has 5 nitrogen and oxygen atoms in total. The zero-order valence-corrected chi connectivity index (χ0v) is 15.8. The van der Waals surface area contributed by atoms with Crippen molar-refractivity contribution >= 4 is 11.7 Å². The number of anilines is 1. The Bertz CT molecular complexity index is 902. The van der Waals surface area contributed by atoms with E-state index >= 15 is 0 Å². The van der Waals surface area contributed by atoms with Gasteiger partial charge in [-0.2, -0.15) is 0 Å². The first-order chi connectivity index (χ1) is 13.8. The number of nitrogens with one attached hydrogen (secondary N) is 1. The summed E-state index contributed by atoms with van der Waals surface area (Å²) in [7, 11) is 0. The maximum Gasteiger partial charge on any atom is 0.251 e. The highest BCUT2D eigenvalue weighted by molar-refractivity contribution is 5.94. The topological polar surface area (TPSA) is 58.1 Å². The number of carbonyl (C=O) groups excluding carboxylic acids is 1. The van der Waals surface area contributed by atoms with Crippen molar-refractivity contribution in [3.05, 3.63) is 77.9 Å². The van der Waals surface area contributed by atoms with E-state index in [0.29, 0.717) is 12.1 Å². The molecule has 2 heterocycles. The van der Waals surface area contributed by atoms with Crippen molar-refractivity contribution in [2.75, 3.05) is 24.5 Å². The molecule has 1 aromatic heterocycles. The maximum atomic E-state index is 12.3. The first-order valence-electron chi connectivity index (χ1n) is 9.81. The number of nitrogens with zero attached hydrogens (tertiary/aromatic N) is 3. The van der Waals surface area contributed by atoms with Gasteiger partial charge in [0.25, 0.3) is 5.91 Å². The molecule has 1 fully saturated rings. The summed E-state index contributed by atoms with van der Waals surface area (Å²) < 4.78 is 0. The highest BCUT2D eigenvalue weighted by Gasteiger charge is 2.14. The van der Waals surface area contributed by atoms with E-state index in [1.165, 1.54) is 18.4 Å². The number of carbonyl (C=O) groups is 1. The smallest absolute Gasteiger partial charge is 0.251 e. The van der Waals surface area contributed by atoms with Crippen LogP contribution in [0.3, 0.4) is 0 Å². The van der Waals surface area contributed by atoms with Crippen LogP contribution in [0.4, 0.5) is 5.82 Å². The second-order valence-electron chi connectivity index (χ2n) is 7.04. The molecule has 2 aromatic carbocycles. The zero-order chi connectivity index (χ0) is 19.2. The third-order valence-corrected chi connectivity index (χ3v) is 5.07. The first kappa shape index (κ1) is 18.2. The Morgan fingerprint density at radius 2 is 1.64 bits per heavy atom. The largest absolute Gasteiger partial charge is 0.355 e. The van der Waals surface area contributed by atoms with Gasteiger partial charge in [-0.1, -0.05) is 42.5 Å². The average Bonchev–Trinajstić information content (AvgIpc) is 3.30. The summed E-state index contributed by atoms with van der Waals surface area (Å²) in [6.07, 6.45) is 3.26. The van der Waals surface area contributed by atoms with Crippen LogP contribution in [0, 0.1) is 0 Å². The second kappa shape index (κ2) is 8.65. The number of hydrogen-bond donors (Lipinski definition) is 1. The lowest BCUT2D eigenvalue weighted by atomic mass is 10.1. The molecule has 3 aromatic rings. The Morgan fingerprint density at radius 1 is 0.893 bits per heavy atom. The third-order valence-electron chi connectivity index (χ3n) is 5.07. The van der Waals surface area contributed by atoms with Gasteiger partial charge in [0, 0.05) is 30.8 Å². The van der Waals surface area contributed by atoms with Gasteiger partial charge in [-0.25, -0.2) is 0 Å². The summed E-state index contributed by atoms with van der Waals surface area (Å²) >= 11 is 0. The van der Waals surface area contributed by atoms with Gasteiger partial charge in [-0.05, 0) is 49.1 Å². The van der Waals surface area contributed by atoms with Crippen molar-refractivity contribution in [2.45, 2.75) is 19.3 Å². The zero-order valence-electron chi connectivity index (χ0n) is 15.8. The number of aromatic nitrogens is 2. The third kappa shape index (κ3) is 4.36. The van der Waals surface area contributed by atoms with Crippen LogP contribution < -0.4 is 10.2 Å². The van der Waals surface area contributed by atoms with Crippen LogP contribution in [-0.2, 0) is 6.42 Å². The Morgan fingerprint density at radius 3 is 2.32 bits per heavy atom. The Hall–Kier alpha value is -3.21. The minimum absolute atomic E-state index is 0.0575. The molecule has 5 heteroatoms. The van der Waals surface area contributed by atoms with Crippen molar-refractivity contribution in [1.82, 2.24) is 15.5 Å². The normalized spacial score (nSPS) is 13.5. The quantitative estimate of drug-likeness (QED) is 0.716. The summed E-state index contributed by atoms with van der Waals surface area (Å²) in [4.78, 5) is 14.6. The van der Waals surface area contributed by atoms with E-state index in [4.69, 9.17) is 0 Å². The van der Waals surface area contributed by atoms with Gasteiger partial charge in [0.2, 0.25) is 0 Å². The highest BCUT2D eigenvalue weighted by atomic mass is 16.1. The minimum Gasteiger partial charge on any atom is -0.355 e. The van der Waals surface area contributed by atoms with Gasteiger partial charge in [0.1, 0.15) is 0 Å². The highest BCUT2D eigenvalue weighted by Crippen LogP contribution is 2.21. The predicted molar refractivity (Wildman–Crippen MR) is 111 cm³/mol. The fourth-order valence-electron chi connectivity index (χ4n) is 3.45. The van der Waals surface area contributed by atoms with E-state index < -0.39 is 0 Å². The fraction of sp³-hybridized carbons (Fsp3) is 0.261. The minimum atomic E-state index is -0.0575. The summed E-state index contributed by atoms with van der Waals surface area (Å²) in [5.41, 5.74) is 3.65. The van der Waals surface area contributed by atoms with E-state index in [1.54, 1.807) is 0 Å². The van der Waals surface area contributed by atoms with E-state index in [9.17, 15) is 4.79 Å². The van der Waals surface area contributed by atoms with Crippen LogP contribution in [-0.4, -0.2) is 35.7 Å². The van der Waals surface area contributed by atoms with Crippen molar-refractivity contribution in [3.8, 4) is 11.3 Å². The number of hydrogen-bond acceptors (Lipinski definition) is 4. The maximum absolute atomic E-state index is 12.3. The van der Waals surface area contributed by atoms with Crippen molar-refractivity contribution < 1.29 is 4.79 Å². The van der Waals surface area contributed by atoms with Crippen LogP contribution in [0.25, 0.3) is 11.3 Å². The van der Waals surface area contributed by atoms with Gasteiger partial charge in [-0.3, -0.25) is 4.79 Å². The lowest BCUT2D eigenvalue weighted by Crippen LogP contribution is -2.25. The fourth-order valence-corrected chi connectivity index (χ4v) is 3.45. The van der Waals surface area contributed by atoms with Crippen molar-refractivity contribution in [1.29, 1.82) is 0 Å². The first-order valence-corrected chi connectivity index (χ1v) is 9.81. The van der Waals surface area contributed by atoms with Crippen LogP contribution >= 0.6 is 0 Å². The lowest BCUT2D eigenvalue weighted by Gasteiger charge is -2.15. The summed E-state index contributed by atoms with van der Waals surface area (Å²) in [5, 5.41) is 11.7. The van der Waals surface area contributed by atoms with Crippen molar-refractivity contribution in [3.63, 3.8) is 0 Å². The summed E-state index contributed by atoms with van der Waals surface area (Å²) in [6.45, 7) is 2.73. The standard InChI is InChI=1S/C23H24N4O/c28-23(24-15-14-18-6-2-1-3-7-18)20-10-8-19(9-11-20)21-12-13-22(26-25-21)27-16-4-5-17-27/h1-3,6-13H,4-5,14-17H2,(H,24,28). The Balaban J connectivity index is 1.34. The molecule has 0 radical (unpaired) electrons. The second-order valence-corrected chi connectivity index (χ2v) is 7.04. The van der Waals surface area contributed by atoms with Crippen molar-refractivity contribution in [2.24, 2.45) is 0 Å². The molecule has 28 heavy (non-hydrogen) atoms. The van der Waals surface area contributed by atoms with Gasteiger partial charge in [0.15, 0.2) is 5.82 Å². The van der Waals surface area contributed by atoms with Gasteiger partial charge in [-0.15, -0.1) is 10.2 Å². The molecule has 1 amide bonds. The molecule has 1 saturated heterocycles. The van der Waals surface area contributed by atoms with Crippen LogP contribution in [0.2, 0.25) is 0 Å². The lowest BCUT2D eigenvalue weighted by molar-refractivity contribution is 0.0954. The molecule has 0 unspecified atom stereocenters. The summed E-state index contributed by atoms with van der Waals surface area (Å²) in [6, 6.07) is 21.7. The number of amides is 1. The summed E-state index contributed by atoms with van der Waals surface area (Å²) in [5.74, 6) is 0.883. The molecular weight excluding hydrogens is 348 g/mol. The van der Waals surface area contributed by atoms with Gasteiger partial charge in [0.05, 0.1) is 5.69 Å².